The SMILES string of the molecule is Cc1ccc(C(=O)N2N=C(c3ccc(NC(=O)OC(C)(C)C)cc3)CC2c2ccn(C)n2)cc1. The zero-order chi connectivity index (χ0) is 24.5. The Morgan fingerprint density at radius 2 is 1.71 bits per heavy atom. The third-order valence-electron chi connectivity index (χ3n) is 5.36. The molecule has 8 nitrogen and oxygen atoms in total. The Bertz CT molecular complexity index is 1220. The molecule has 0 saturated carbocycles. The van der Waals surface area contributed by atoms with E-state index >= 15 is 0 Å². The Balaban J connectivity index is 1.57. The fourth-order valence-electron chi connectivity index (χ4n) is 3.71. The molecule has 1 aliphatic heterocycles. The molecule has 0 saturated heterocycles. The van der Waals surface area contributed by atoms with E-state index in [1.807, 2.05) is 83.4 Å². The van der Waals surface area contributed by atoms with Crippen LogP contribution in [0.5, 0.6) is 0 Å². The van der Waals surface area contributed by atoms with E-state index < -0.39 is 11.7 Å². The Hall–Kier alpha value is -3.94. The number of anilines is 1. The topological polar surface area (TPSA) is 88.8 Å². The van der Waals surface area contributed by atoms with Crippen LogP contribution >= 0.6 is 0 Å². The van der Waals surface area contributed by atoms with Crippen LogP contribution in [0.15, 0.2) is 65.9 Å². The van der Waals surface area contributed by atoms with Gasteiger partial charge in [-0.3, -0.25) is 14.8 Å². The van der Waals surface area contributed by atoms with Crippen molar-refractivity contribution >= 4 is 23.4 Å². The molecule has 2 aromatic carbocycles. The molecule has 0 spiro atoms. The summed E-state index contributed by atoms with van der Waals surface area (Å²) in [6.07, 6.45) is 1.88. The molecule has 0 fully saturated rings. The van der Waals surface area contributed by atoms with Gasteiger partial charge in [0.2, 0.25) is 0 Å². The van der Waals surface area contributed by atoms with Crippen molar-refractivity contribution in [1.82, 2.24) is 14.8 Å². The number of carbonyl (C=O) groups is 2. The van der Waals surface area contributed by atoms with Gasteiger partial charge in [-0.1, -0.05) is 29.8 Å². The molecule has 0 bridgehead atoms. The summed E-state index contributed by atoms with van der Waals surface area (Å²) in [7, 11) is 1.85. The minimum Gasteiger partial charge on any atom is -0.444 e. The highest BCUT2D eigenvalue weighted by atomic mass is 16.6. The minimum absolute atomic E-state index is 0.172. The highest BCUT2D eigenvalue weighted by Gasteiger charge is 2.35. The third kappa shape index (κ3) is 5.33. The first-order valence-electron chi connectivity index (χ1n) is 11.2. The fourth-order valence-corrected chi connectivity index (χ4v) is 3.71. The molecular formula is C26H29N5O3. The molecule has 1 aromatic heterocycles. The maximum Gasteiger partial charge on any atom is 0.412 e. The summed E-state index contributed by atoms with van der Waals surface area (Å²) in [5.41, 5.74) is 4.14. The van der Waals surface area contributed by atoms with E-state index in [1.54, 1.807) is 16.8 Å². The fraction of sp³-hybridized carbons (Fsp3) is 0.308. The van der Waals surface area contributed by atoms with Gasteiger partial charge >= 0.3 is 6.09 Å². The van der Waals surface area contributed by atoms with Gasteiger partial charge in [0.15, 0.2) is 0 Å². The van der Waals surface area contributed by atoms with E-state index in [0.717, 1.165) is 22.5 Å². The number of ether oxygens (including phenoxy) is 1. The number of hydrazone groups is 1. The Morgan fingerprint density at radius 3 is 2.29 bits per heavy atom. The van der Waals surface area contributed by atoms with Crippen LogP contribution in [-0.4, -0.2) is 38.1 Å². The van der Waals surface area contributed by atoms with Crippen molar-refractivity contribution in [2.75, 3.05) is 5.32 Å². The largest absolute Gasteiger partial charge is 0.444 e. The lowest BCUT2D eigenvalue weighted by Gasteiger charge is -2.20. The maximum absolute atomic E-state index is 13.3. The molecule has 0 aliphatic carbocycles. The normalized spacial score (nSPS) is 15.7. The average molecular weight is 460 g/mol. The lowest BCUT2D eigenvalue weighted by molar-refractivity contribution is 0.0635. The van der Waals surface area contributed by atoms with Gasteiger partial charge in [-0.25, -0.2) is 9.80 Å². The van der Waals surface area contributed by atoms with Crippen LogP contribution in [0.1, 0.15) is 60.4 Å². The van der Waals surface area contributed by atoms with Gasteiger partial charge in [0.25, 0.3) is 5.91 Å². The van der Waals surface area contributed by atoms with Crippen molar-refractivity contribution in [1.29, 1.82) is 0 Å². The molecule has 3 aromatic rings. The molecule has 4 rings (SSSR count). The first kappa shape index (κ1) is 23.2. The van der Waals surface area contributed by atoms with Gasteiger partial charge < -0.3 is 4.74 Å². The van der Waals surface area contributed by atoms with Crippen molar-refractivity contribution in [2.24, 2.45) is 12.1 Å². The lowest BCUT2D eigenvalue weighted by Crippen LogP contribution is -2.27. The Morgan fingerprint density at radius 1 is 1.03 bits per heavy atom. The molecule has 0 radical (unpaired) electrons. The highest BCUT2D eigenvalue weighted by Crippen LogP contribution is 2.33. The van der Waals surface area contributed by atoms with Gasteiger partial charge in [-0.05, 0) is 63.6 Å². The number of aromatic nitrogens is 2. The Kier molecular flexibility index (Phi) is 6.24. The number of rotatable bonds is 4. The van der Waals surface area contributed by atoms with Gasteiger partial charge in [0, 0.05) is 30.9 Å². The summed E-state index contributed by atoms with van der Waals surface area (Å²) >= 11 is 0. The number of benzene rings is 2. The number of hydrogen-bond acceptors (Lipinski definition) is 5. The third-order valence-corrected chi connectivity index (χ3v) is 5.36. The van der Waals surface area contributed by atoms with Gasteiger partial charge in [0.1, 0.15) is 11.6 Å². The van der Waals surface area contributed by atoms with Crippen LogP contribution in [0.3, 0.4) is 0 Å². The summed E-state index contributed by atoms with van der Waals surface area (Å²) in [6, 6.07) is 16.4. The predicted molar refractivity (Wildman–Crippen MR) is 131 cm³/mol. The number of nitrogens with one attached hydrogen (secondary N) is 1. The molecule has 1 N–H and O–H groups in total. The molecule has 2 heterocycles. The molecule has 2 amide bonds. The molecule has 176 valence electrons. The van der Waals surface area contributed by atoms with Crippen LogP contribution < -0.4 is 5.32 Å². The van der Waals surface area contributed by atoms with Gasteiger partial charge in [0.05, 0.1) is 11.4 Å². The van der Waals surface area contributed by atoms with E-state index in [9.17, 15) is 9.59 Å². The van der Waals surface area contributed by atoms with Crippen LogP contribution in [-0.2, 0) is 11.8 Å². The zero-order valence-electron chi connectivity index (χ0n) is 20.1. The lowest BCUT2D eigenvalue weighted by atomic mass is 10.0. The first-order valence-corrected chi connectivity index (χ1v) is 11.2. The predicted octanol–water partition coefficient (Wildman–Crippen LogP) is 5.07. The van der Waals surface area contributed by atoms with Crippen molar-refractivity contribution in [2.45, 2.75) is 45.8 Å². The average Bonchev–Trinajstić information content (AvgIpc) is 3.39. The van der Waals surface area contributed by atoms with Crippen LogP contribution in [0.25, 0.3) is 0 Å². The van der Waals surface area contributed by atoms with Crippen LogP contribution in [0, 0.1) is 6.92 Å². The molecule has 34 heavy (non-hydrogen) atoms. The molecular weight excluding hydrogens is 430 g/mol. The molecule has 1 atom stereocenters. The number of aryl methyl sites for hydroxylation is 2. The van der Waals surface area contributed by atoms with E-state index in [-0.39, 0.29) is 11.9 Å². The standard InChI is InChI=1S/C26H29N5O3/c1-17-6-8-19(9-7-17)24(32)31-23(21-14-15-30(5)28-21)16-22(29-31)18-10-12-20(13-11-18)27-25(33)34-26(2,3)4/h6-15,23H,16H2,1-5H3,(H,27,33). The summed E-state index contributed by atoms with van der Waals surface area (Å²) in [4.78, 5) is 25.4. The highest BCUT2D eigenvalue weighted by molar-refractivity contribution is 6.05. The maximum atomic E-state index is 13.3. The van der Waals surface area contributed by atoms with Crippen molar-refractivity contribution in [3.8, 4) is 0 Å². The Labute approximate surface area is 199 Å². The second-order valence-corrected chi connectivity index (χ2v) is 9.40. The molecule has 8 heteroatoms. The van der Waals surface area contributed by atoms with E-state index in [1.165, 1.54) is 5.01 Å². The van der Waals surface area contributed by atoms with E-state index in [4.69, 9.17) is 9.84 Å². The summed E-state index contributed by atoms with van der Waals surface area (Å²) in [5, 5.41) is 13.5. The summed E-state index contributed by atoms with van der Waals surface area (Å²) < 4.78 is 7.02. The number of nitrogens with zero attached hydrogens (tertiary/aromatic N) is 4. The van der Waals surface area contributed by atoms with Gasteiger partial charge in [-0.15, -0.1) is 0 Å². The van der Waals surface area contributed by atoms with Crippen LogP contribution in [0.4, 0.5) is 10.5 Å². The molecule has 1 aliphatic rings. The number of hydrogen-bond donors (Lipinski definition) is 1. The second-order valence-electron chi connectivity index (χ2n) is 9.40. The number of amides is 2. The zero-order valence-corrected chi connectivity index (χ0v) is 20.1. The van der Waals surface area contributed by atoms with Crippen molar-refractivity contribution in [3.05, 3.63) is 83.2 Å². The van der Waals surface area contributed by atoms with Crippen LogP contribution in [0.2, 0.25) is 0 Å². The second kappa shape index (κ2) is 9.13. The first-order chi connectivity index (χ1) is 16.1. The monoisotopic (exact) mass is 459 g/mol. The van der Waals surface area contributed by atoms with Crippen molar-refractivity contribution in [3.63, 3.8) is 0 Å². The van der Waals surface area contributed by atoms with Crippen molar-refractivity contribution < 1.29 is 14.3 Å². The van der Waals surface area contributed by atoms with E-state index in [0.29, 0.717) is 17.7 Å². The quantitative estimate of drug-likeness (QED) is 0.590. The minimum atomic E-state index is -0.573. The smallest absolute Gasteiger partial charge is 0.412 e. The number of carbonyl (C=O) groups excluding carboxylic acids is 2. The van der Waals surface area contributed by atoms with Gasteiger partial charge in [-0.2, -0.15) is 10.2 Å². The summed E-state index contributed by atoms with van der Waals surface area (Å²) in [5.74, 6) is -0.172. The molecule has 1 unspecified atom stereocenters. The van der Waals surface area contributed by atoms with E-state index in [2.05, 4.69) is 10.4 Å². The summed E-state index contributed by atoms with van der Waals surface area (Å²) in [6.45, 7) is 7.43.